The Bertz CT molecular complexity index is 845. The predicted molar refractivity (Wildman–Crippen MR) is 119 cm³/mol. The Balaban J connectivity index is 1.43. The van der Waals surface area contributed by atoms with Gasteiger partial charge in [-0.2, -0.15) is 4.98 Å². The van der Waals surface area contributed by atoms with E-state index in [2.05, 4.69) is 50.9 Å². The molecule has 0 saturated carbocycles. The lowest BCUT2D eigenvalue weighted by Gasteiger charge is -2.30. The van der Waals surface area contributed by atoms with E-state index in [9.17, 15) is 0 Å². The van der Waals surface area contributed by atoms with Crippen molar-refractivity contribution in [2.75, 3.05) is 48.4 Å². The smallest absolute Gasteiger partial charge is 0.224 e. The standard InChI is InChI=1S/C23H31N5O/c1-18-17-22(27-23(25-18)24-12-11-19-7-3-2-4-8-19)26-20-9-5-6-10-21(20)28-13-15-29-16-14-28/h5-7,9-10,17H,2-4,8,11-16H2,1H3,(H2,24,25,26,27). The quantitative estimate of drug-likeness (QED) is 0.667. The first-order chi connectivity index (χ1) is 14.3. The fraction of sp³-hybridized carbons (Fsp3) is 0.478. The highest BCUT2D eigenvalue weighted by atomic mass is 16.5. The van der Waals surface area contributed by atoms with Gasteiger partial charge in [0.05, 0.1) is 24.6 Å². The molecule has 6 heteroatoms. The molecule has 0 radical (unpaired) electrons. The molecule has 1 aliphatic heterocycles. The summed E-state index contributed by atoms with van der Waals surface area (Å²) in [5.41, 5.74) is 4.76. The lowest BCUT2D eigenvalue weighted by atomic mass is 9.97. The van der Waals surface area contributed by atoms with Crippen molar-refractivity contribution in [2.24, 2.45) is 0 Å². The average Bonchev–Trinajstić information content (AvgIpc) is 2.75. The number of ether oxygens (including phenoxy) is 1. The summed E-state index contributed by atoms with van der Waals surface area (Å²) in [7, 11) is 0. The first kappa shape index (κ1) is 19.7. The van der Waals surface area contributed by atoms with Gasteiger partial charge >= 0.3 is 0 Å². The molecule has 1 saturated heterocycles. The summed E-state index contributed by atoms with van der Waals surface area (Å²) in [6, 6.07) is 10.4. The summed E-state index contributed by atoms with van der Waals surface area (Å²) in [6.07, 6.45) is 8.59. The van der Waals surface area contributed by atoms with Crippen molar-refractivity contribution in [1.82, 2.24) is 9.97 Å². The Morgan fingerprint density at radius 2 is 1.97 bits per heavy atom. The van der Waals surface area contributed by atoms with Crippen LogP contribution in [0, 0.1) is 6.92 Å². The zero-order valence-corrected chi connectivity index (χ0v) is 17.3. The van der Waals surface area contributed by atoms with Crippen LogP contribution in [0.3, 0.4) is 0 Å². The molecule has 0 atom stereocenters. The second-order valence-corrected chi connectivity index (χ2v) is 7.74. The van der Waals surface area contributed by atoms with Crippen LogP contribution in [0.1, 0.15) is 37.8 Å². The van der Waals surface area contributed by atoms with E-state index in [1.165, 1.54) is 31.4 Å². The highest BCUT2D eigenvalue weighted by molar-refractivity contribution is 5.74. The van der Waals surface area contributed by atoms with Crippen LogP contribution >= 0.6 is 0 Å². The van der Waals surface area contributed by atoms with Gasteiger partial charge in [-0.3, -0.25) is 0 Å². The molecule has 2 heterocycles. The molecule has 29 heavy (non-hydrogen) atoms. The van der Waals surface area contributed by atoms with Crippen LogP contribution in [-0.2, 0) is 4.74 Å². The number of hydrogen-bond donors (Lipinski definition) is 2. The van der Waals surface area contributed by atoms with Gasteiger partial charge in [0.25, 0.3) is 0 Å². The molecule has 0 unspecified atom stereocenters. The minimum atomic E-state index is 0.688. The maximum Gasteiger partial charge on any atom is 0.224 e. The molecule has 2 aliphatic rings. The van der Waals surface area contributed by atoms with Crippen molar-refractivity contribution in [1.29, 1.82) is 0 Å². The molecule has 154 valence electrons. The van der Waals surface area contributed by atoms with Gasteiger partial charge in [-0.1, -0.05) is 23.8 Å². The minimum absolute atomic E-state index is 0.688. The highest BCUT2D eigenvalue weighted by Crippen LogP contribution is 2.29. The monoisotopic (exact) mass is 393 g/mol. The number of aromatic nitrogens is 2. The van der Waals surface area contributed by atoms with Crippen LogP contribution in [0.15, 0.2) is 42.0 Å². The first-order valence-corrected chi connectivity index (χ1v) is 10.7. The largest absolute Gasteiger partial charge is 0.378 e. The van der Waals surface area contributed by atoms with E-state index in [-0.39, 0.29) is 0 Å². The SMILES string of the molecule is Cc1cc(Nc2ccccc2N2CCOCC2)nc(NCCC2=CCCCC2)n1. The number of nitrogens with one attached hydrogen (secondary N) is 2. The van der Waals surface area contributed by atoms with Crippen LogP contribution < -0.4 is 15.5 Å². The summed E-state index contributed by atoms with van der Waals surface area (Å²) in [6.45, 7) is 6.24. The molecule has 0 spiro atoms. The van der Waals surface area contributed by atoms with E-state index in [0.717, 1.165) is 56.5 Å². The zero-order chi connectivity index (χ0) is 19.9. The Labute approximate surface area is 173 Å². The van der Waals surface area contributed by atoms with E-state index in [4.69, 9.17) is 9.72 Å². The summed E-state index contributed by atoms with van der Waals surface area (Å²) in [4.78, 5) is 11.6. The van der Waals surface area contributed by atoms with Gasteiger partial charge in [0.1, 0.15) is 5.82 Å². The molecule has 2 aromatic rings. The third-order valence-corrected chi connectivity index (χ3v) is 5.49. The average molecular weight is 394 g/mol. The Hall–Kier alpha value is -2.60. The topological polar surface area (TPSA) is 62.3 Å². The summed E-state index contributed by atoms with van der Waals surface area (Å²) in [5, 5.41) is 6.91. The molecule has 0 bridgehead atoms. The third kappa shape index (κ3) is 5.48. The molecule has 1 aromatic carbocycles. The van der Waals surface area contributed by atoms with Crippen molar-refractivity contribution < 1.29 is 4.74 Å². The van der Waals surface area contributed by atoms with E-state index in [1.54, 1.807) is 5.57 Å². The number of allylic oxidation sites excluding steroid dienone is 1. The first-order valence-electron chi connectivity index (χ1n) is 10.7. The van der Waals surface area contributed by atoms with Gasteiger partial charge in [-0.25, -0.2) is 4.98 Å². The van der Waals surface area contributed by atoms with Crippen molar-refractivity contribution in [2.45, 2.75) is 39.0 Å². The van der Waals surface area contributed by atoms with Gasteiger partial charge in [0.2, 0.25) is 5.95 Å². The molecule has 1 aromatic heterocycles. The fourth-order valence-electron chi connectivity index (χ4n) is 3.98. The molecule has 0 amide bonds. The van der Waals surface area contributed by atoms with Gasteiger partial charge < -0.3 is 20.3 Å². The minimum Gasteiger partial charge on any atom is -0.378 e. The Kier molecular flexibility index (Phi) is 6.62. The van der Waals surface area contributed by atoms with Crippen LogP contribution in [0.5, 0.6) is 0 Å². The number of morpholine rings is 1. The maximum absolute atomic E-state index is 5.50. The molecule has 2 N–H and O–H groups in total. The molecule has 1 fully saturated rings. The van der Waals surface area contributed by atoms with Gasteiger partial charge in [-0.05, 0) is 51.2 Å². The molecule has 4 rings (SSSR count). The lowest BCUT2D eigenvalue weighted by molar-refractivity contribution is 0.123. The number of nitrogens with zero attached hydrogens (tertiary/aromatic N) is 3. The van der Waals surface area contributed by atoms with Crippen LogP contribution in [-0.4, -0.2) is 42.8 Å². The summed E-state index contributed by atoms with van der Waals surface area (Å²) < 4.78 is 5.50. The van der Waals surface area contributed by atoms with Crippen LogP contribution in [0.2, 0.25) is 0 Å². The molecular weight excluding hydrogens is 362 g/mol. The maximum atomic E-state index is 5.50. The van der Waals surface area contributed by atoms with Crippen molar-refractivity contribution in [3.63, 3.8) is 0 Å². The van der Waals surface area contributed by atoms with E-state index in [1.807, 2.05) is 13.0 Å². The van der Waals surface area contributed by atoms with Gasteiger partial charge in [0, 0.05) is 31.4 Å². The Morgan fingerprint density at radius 3 is 2.79 bits per heavy atom. The number of hydrogen-bond acceptors (Lipinski definition) is 6. The third-order valence-electron chi connectivity index (χ3n) is 5.49. The second kappa shape index (κ2) is 9.74. The van der Waals surface area contributed by atoms with Gasteiger partial charge in [0.15, 0.2) is 0 Å². The van der Waals surface area contributed by atoms with Crippen LogP contribution in [0.4, 0.5) is 23.1 Å². The zero-order valence-electron chi connectivity index (χ0n) is 17.3. The molecule has 6 nitrogen and oxygen atoms in total. The lowest BCUT2D eigenvalue weighted by Crippen LogP contribution is -2.36. The second-order valence-electron chi connectivity index (χ2n) is 7.74. The van der Waals surface area contributed by atoms with E-state index < -0.39 is 0 Å². The summed E-state index contributed by atoms with van der Waals surface area (Å²) >= 11 is 0. The Morgan fingerprint density at radius 1 is 1.10 bits per heavy atom. The summed E-state index contributed by atoms with van der Waals surface area (Å²) in [5.74, 6) is 1.50. The highest BCUT2D eigenvalue weighted by Gasteiger charge is 2.15. The van der Waals surface area contributed by atoms with Crippen molar-refractivity contribution >= 4 is 23.1 Å². The molecule has 1 aliphatic carbocycles. The number of rotatable bonds is 7. The number of para-hydroxylation sites is 2. The van der Waals surface area contributed by atoms with E-state index in [0.29, 0.717) is 5.95 Å². The van der Waals surface area contributed by atoms with Crippen molar-refractivity contribution in [3.8, 4) is 0 Å². The van der Waals surface area contributed by atoms with Crippen LogP contribution in [0.25, 0.3) is 0 Å². The number of anilines is 4. The fourth-order valence-corrected chi connectivity index (χ4v) is 3.98. The number of aryl methyl sites for hydroxylation is 1. The van der Waals surface area contributed by atoms with Crippen molar-refractivity contribution in [3.05, 3.63) is 47.7 Å². The van der Waals surface area contributed by atoms with Gasteiger partial charge in [-0.15, -0.1) is 0 Å². The predicted octanol–water partition coefficient (Wildman–Crippen LogP) is 4.67. The molecular formula is C23H31N5O. The normalized spacial score (nSPS) is 17.0. The van der Waals surface area contributed by atoms with E-state index >= 15 is 0 Å². The number of benzene rings is 1.